The van der Waals surface area contributed by atoms with Crippen LogP contribution < -0.4 is 49.6 Å². The molecule has 0 heterocycles. The maximum absolute atomic E-state index is 0. The van der Waals surface area contributed by atoms with Crippen LogP contribution in [0.4, 0.5) is 0 Å². The first-order chi connectivity index (χ1) is 0. The Morgan fingerprint density at radius 3 is 0.400 bits per heavy atom. The van der Waals surface area contributed by atoms with Crippen molar-refractivity contribution < 1.29 is 52.5 Å². The average Bonchev–Trinajstić information content (AvgIpc) is 0. The van der Waals surface area contributed by atoms with Crippen LogP contribution in [0.15, 0.2) is 0 Å². The fourth-order valence-corrected chi connectivity index (χ4v) is 0. The Balaban J connectivity index is 0. The number of rotatable bonds is 0. The third-order valence-electron chi connectivity index (χ3n) is 0. The molecule has 0 aliphatic rings. The van der Waals surface area contributed by atoms with E-state index in [-0.39, 0.29) is 160 Å². The van der Waals surface area contributed by atoms with Gasteiger partial charge >= 0.3 is 92.2 Å². The van der Waals surface area contributed by atoms with E-state index in [0.29, 0.717) is 0 Å². The second-order valence-corrected chi connectivity index (χ2v) is 0. The van der Waals surface area contributed by atoms with Crippen molar-refractivity contribution in [1.29, 1.82) is 0 Å². The van der Waals surface area contributed by atoms with E-state index in [9.17, 15) is 0 Å². The molecule has 0 saturated carbocycles. The van der Waals surface area contributed by atoms with Gasteiger partial charge < -0.3 is 67.3 Å². The van der Waals surface area contributed by atoms with Crippen molar-refractivity contribution in [3.8, 4) is 0 Å². The van der Waals surface area contributed by atoms with Gasteiger partial charge in [0.05, 0.1) is 0 Å². The number of hydrogen-bond donors (Lipinski definition) is 0. The molecule has 0 N–H and O–H groups in total. The quantitative estimate of drug-likeness (QED) is 0.303. The summed E-state index contributed by atoms with van der Waals surface area (Å²) in [6.45, 7) is 0. The van der Waals surface area contributed by atoms with Crippen LogP contribution in [0.25, 0.3) is 0 Å². The van der Waals surface area contributed by atoms with Crippen molar-refractivity contribution in [2.75, 3.05) is 0 Å². The molecule has 0 aliphatic heterocycles. The normalized spacial score (nSPS) is 0. The summed E-state index contributed by atoms with van der Waals surface area (Å²) >= 11 is 0. The Morgan fingerprint density at radius 1 is 0.400 bits per heavy atom. The monoisotopic (exact) mass is 268 g/mol. The molecule has 0 amide bonds. The van der Waals surface area contributed by atoms with Crippen molar-refractivity contribution in [2.45, 2.75) is 0 Å². The molecule has 0 rings (SSSR count). The second-order valence-electron chi connectivity index (χ2n) is 0. The zero-order chi connectivity index (χ0) is 0. The molecule has 0 radical (unpaired) electrons. The van der Waals surface area contributed by atoms with Crippen LogP contribution in [-0.4, -0.2) is 92.2 Å². The summed E-state index contributed by atoms with van der Waals surface area (Å²) in [6.07, 6.45) is 0. The van der Waals surface area contributed by atoms with Crippen molar-refractivity contribution in [3.63, 3.8) is 0 Å². The predicted molar refractivity (Wildman–Crippen MR) is 38.1 cm³/mol. The van der Waals surface area contributed by atoms with Crippen LogP contribution in [0.3, 0.4) is 0 Å². The third-order valence-corrected chi connectivity index (χ3v) is 0. The molecule has 0 saturated heterocycles. The Bertz CT molecular complexity index is 23.0. The van der Waals surface area contributed by atoms with Crippen molar-refractivity contribution in [1.82, 2.24) is 0 Å². The number of halogens is 4. The number of hydrogen-bond acceptors (Lipinski definition) is 0. The van der Waals surface area contributed by atoms with E-state index in [0.717, 1.165) is 0 Å². The molecule has 0 spiro atoms. The van der Waals surface area contributed by atoms with Crippen LogP contribution in [0.5, 0.6) is 0 Å². The molecule has 0 unspecified atom stereocenters. The van der Waals surface area contributed by atoms with Gasteiger partial charge in [-0.15, -0.1) is 0 Å². The van der Waals surface area contributed by atoms with E-state index >= 15 is 0 Å². The molecule has 0 aromatic heterocycles. The van der Waals surface area contributed by atoms with Gasteiger partial charge in [-0.05, 0) is 0 Å². The van der Waals surface area contributed by atoms with Gasteiger partial charge in [-0.25, -0.2) is 0 Å². The molecule has 0 aromatic carbocycles. The van der Waals surface area contributed by atoms with Gasteiger partial charge in [0.2, 0.25) is 0 Å². The maximum Gasteiger partial charge on any atom is 2.00 e. The summed E-state index contributed by atoms with van der Waals surface area (Å²) in [5.74, 6) is 0. The first-order valence-corrected chi connectivity index (χ1v) is 0. The first-order valence-electron chi connectivity index (χ1n) is 0. The summed E-state index contributed by atoms with van der Waals surface area (Å²) < 4.78 is 0. The first kappa shape index (κ1) is 139. The zero-order valence-electron chi connectivity index (χ0n) is 8.34. The molecular weight excluding hydrogens is 263 g/mol. The van der Waals surface area contributed by atoms with E-state index in [1.54, 1.807) is 0 Å². The molecule has 0 atom stereocenters. The summed E-state index contributed by atoms with van der Waals surface area (Å²) in [5.41, 5.74) is 0. The van der Waals surface area contributed by atoms with Crippen LogP contribution in [-0.2, 0) is 0 Å². The second kappa shape index (κ2) is 111. The Hall–Kier alpha value is 4.22. The Labute approximate surface area is 157 Å². The van der Waals surface area contributed by atoms with E-state index in [2.05, 4.69) is 0 Å². The average molecular weight is 271 g/mol. The topological polar surface area (TPSA) is 0 Å². The van der Waals surface area contributed by atoms with Crippen molar-refractivity contribution in [3.05, 3.63) is 14.9 Å². The van der Waals surface area contributed by atoms with E-state index < -0.39 is 0 Å². The van der Waals surface area contributed by atoms with Crippen LogP contribution in [0, 0.1) is 14.9 Å². The van der Waals surface area contributed by atoms with Crippen molar-refractivity contribution in [2.24, 2.45) is 0 Å². The molecule has 0 aromatic rings. The molecular formula is C2H8Cl4Mg4. The van der Waals surface area contributed by atoms with E-state index in [1.165, 1.54) is 0 Å². The molecule has 0 nitrogen and oxygen atoms in total. The fourth-order valence-electron chi connectivity index (χ4n) is 0. The van der Waals surface area contributed by atoms with Crippen LogP contribution in [0.1, 0.15) is 2.85 Å². The van der Waals surface area contributed by atoms with Gasteiger partial charge in [-0.3, -0.25) is 0 Å². The van der Waals surface area contributed by atoms with Gasteiger partial charge in [0.15, 0.2) is 0 Å². The maximum atomic E-state index is 0. The minimum absolute atomic E-state index is 0. The van der Waals surface area contributed by atoms with Crippen LogP contribution in [0.2, 0.25) is 0 Å². The summed E-state index contributed by atoms with van der Waals surface area (Å²) in [4.78, 5) is 0. The minimum Gasteiger partial charge on any atom is -1.00 e. The predicted octanol–water partition coefficient (Wildman–Crippen LogP) is -12.4. The summed E-state index contributed by atoms with van der Waals surface area (Å²) in [6, 6.07) is 0. The van der Waals surface area contributed by atoms with Gasteiger partial charge in [-0.1, -0.05) is 0 Å². The van der Waals surface area contributed by atoms with Gasteiger partial charge in [0.1, 0.15) is 0 Å². The van der Waals surface area contributed by atoms with Gasteiger partial charge in [-0.2, -0.15) is 0 Å². The van der Waals surface area contributed by atoms with E-state index in [1.807, 2.05) is 0 Å². The fraction of sp³-hybridized carbons (Fsp3) is 0. The third kappa shape index (κ3) is 86.3. The smallest absolute Gasteiger partial charge is 1.00 e. The van der Waals surface area contributed by atoms with Gasteiger partial charge in [0.25, 0.3) is 0 Å². The minimum atomic E-state index is 0. The summed E-state index contributed by atoms with van der Waals surface area (Å²) in [5, 5.41) is 0. The zero-order valence-corrected chi connectivity index (χ0v) is 15.0. The Kier molecular flexibility index (Phi) is 1540. The molecule has 0 fully saturated rings. The summed E-state index contributed by atoms with van der Waals surface area (Å²) in [7, 11) is 0. The molecule has 0 bridgehead atoms. The van der Waals surface area contributed by atoms with Gasteiger partial charge in [0, 0.05) is 0 Å². The molecule has 8 heteroatoms. The molecule has 52 valence electrons. The molecule has 10 heavy (non-hydrogen) atoms. The molecule has 0 aliphatic carbocycles. The largest absolute Gasteiger partial charge is 2.00 e. The SMILES string of the molecule is [CH3-].[CH3-].[Cl-].[Cl-].[Cl-].[Cl-].[H-].[H-].[Mg+2].[Mg+2].[Mg+2].[Mg+2]. The van der Waals surface area contributed by atoms with E-state index in [4.69, 9.17) is 0 Å². The van der Waals surface area contributed by atoms with Crippen LogP contribution >= 0.6 is 0 Å². The Morgan fingerprint density at radius 2 is 0.400 bits per heavy atom. The van der Waals surface area contributed by atoms with Crippen molar-refractivity contribution >= 4 is 92.2 Å². The standard InChI is InChI=1S/2CH3.4ClH.4Mg.2H/h2*1H3;4*1H;;;;;;/q2*-1;;;;;4*+2;2*-1/p-4.